The molecule has 2 atom stereocenters. The molecular formula is C21H21N3O3. The molecule has 0 aliphatic carbocycles. The van der Waals surface area contributed by atoms with E-state index in [1.807, 2.05) is 42.5 Å². The molecule has 0 saturated carbocycles. The van der Waals surface area contributed by atoms with E-state index in [1.54, 1.807) is 18.5 Å². The summed E-state index contributed by atoms with van der Waals surface area (Å²) in [7, 11) is 0. The van der Waals surface area contributed by atoms with Crippen molar-refractivity contribution >= 4 is 16.8 Å². The first-order chi connectivity index (χ1) is 13.3. The van der Waals surface area contributed by atoms with E-state index < -0.39 is 0 Å². The van der Waals surface area contributed by atoms with E-state index >= 15 is 0 Å². The van der Waals surface area contributed by atoms with Gasteiger partial charge in [-0.25, -0.2) is 0 Å². The average molecular weight is 363 g/mol. The molecule has 3 heterocycles. The number of hydrogen-bond acceptors (Lipinski definition) is 5. The second-order valence-corrected chi connectivity index (χ2v) is 6.49. The van der Waals surface area contributed by atoms with E-state index in [0.29, 0.717) is 31.8 Å². The Morgan fingerprint density at radius 3 is 2.89 bits per heavy atom. The van der Waals surface area contributed by atoms with Crippen molar-refractivity contribution in [3.8, 4) is 0 Å². The number of carbonyl (C=O) groups excluding carboxylic acids is 1. The SMILES string of the molecule is O=C(N[C@@H]1CCOC[C@H]1OCc1ccccn1)c1ccnc2ccccc12. The molecule has 3 aromatic rings. The first-order valence-electron chi connectivity index (χ1n) is 9.05. The average Bonchev–Trinajstić information content (AvgIpc) is 2.73. The maximum absolute atomic E-state index is 12.9. The van der Waals surface area contributed by atoms with Crippen molar-refractivity contribution < 1.29 is 14.3 Å². The van der Waals surface area contributed by atoms with Crippen LogP contribution < -0.4 is 5.32 Å². The second-order valence-electron chi connectivity index (χ2n) is 6.49. The molecule has 1 fully saturated rings. The van der Waals surface area contributed by atoms with Gasteiger partial charge in [-0.15, -0.1) is 0 Å². The van der Waals surface area contributed by atoms with E-state index in [4.69, 9.17) is 9.47 Å². The van der Waals surface area contributed by atoms with Gasteiger partial charge in [0, 0.05) is 24.4 Å². The molecule has 0 bridgehead atoms. The van der Waals surface area contributed by atoms with E-state index in [9.17, 15) is 4.79 Å². The summed E-state index contributed by atoms with van der Waals surface area (Å²) in [6.45, 7) is 1.44. The van der Waals surface area contributed by atoms with Gasteiger partial charge in [0.15, 0.2) is 0 Å². The first kappa shape index (κ1) is 17.6. The second kappa shape index (κ2) is 8.24. The summed E-state index contributed by atoms with van der Waals surface area (Å²) in [5, 5.41) is 3.96. The minimum atomic E-state index is -0.210. The number of aromatic nitrogens is 2. The van der Waals surface area contributed by atoms with E-state index in [2.05, 4.69) is 15.3 Å². The summed E-state index contributed by atoms with van der Waals surface area (Å²) in [4.78, 5) is 21.5. The van der Waals surface area contributed by atoms with Crippen molar-refractivity contribution in [1.29, 1.82) is 0 Å². The third kappa shape index (κ3) is 4.13. The minimum absolute atomic E-state index is 0.109. The number of amides is 1. The molecule has 1 aliphatic rings. The number of fused-ring (bicyclic) bond motifs is 1. The van der Waals surface area contributed by atoms with Crippen LogP contribution in [0, 0.1) is 0 Å². The van der Waals surface area contributed by atoms with Crippen LogP contribution in [-0.4, -0.2) is 41.2 Å². The molecular weight excluding hydrogens is 342 g/mol. The lowest BCUT2D eigenvalue weighted by Gasteiger charge is -2.32. The molecule has 1 amide bonds. The fourth-order valence-electron chi connectivity index (χ4n) is 3.26. The van der Waals surface area contributed by atoms with Gasteiger partial charge in [-0.2, -0.15) is 0 Å². The zero-order valence-electron chi connectivity index (χ0n) is 14.9. The van der Waals surface area contributed by atoms with E-state index in [1.165, 1.54) is 0 Å². The molecule has 138 valence electrons. The van der Waals surface area contributed by atoms with Crippen LogP contribution in [0.5, 0.6) is 0 Å². The molecule has 6 heteroatoms. The van der Waals surface area contributed by atoms with Crippen molar-refractivity contribution in [2.24, 2.45) is 0 Å². The summed E-state index contributed by atoms with van der Waals surface area (Å²) >= 11 is 0. The first-order valence-corrected chi connectivity index (χ1v) is 9.05. The summed E-state index contributed by atoms with van der Waals surface area (Å²) in [6, 6.07) is 15.0. The molecule has 1 N–H and O–H groups in total. The summed E-state index contributed by atoms with van der Waals surface area (Å²) in [6.07, 6.45) is 3.90. The Hall–Kier alpha value is -2.83. The lowest BCUT2D eigenvalue weighted by atomic mass is 10.0. The van der Waals surface area contributed by atoms with Crippen molar-refractivity contribution in [3.63, 3.8) is 0 Å². The zero-order chi connectivity index (χ0) is 18.5. The molecule has 0 radical (unpaired) electrons. The van der Waals surface area contributed by atoms with Gasteiger partial charge in [0.2, 0.25) is 0 Å². The predicted molar refractivity (Wildman–Crippen MR) is 101 cm³/mol. The maximum atomic E-state index is 12.9. The van der Waals surface area contributed by atoms with Crippen LogP contribution in [0.4, 0.5) is 0 Å². The van der Waals surface area contributed by atoms with Crippen molar-refractivity contribution in [1.82, 2.24) is 15.3 Å². The number of pyridine rings is 2. The Kier molecular flexibility index (Phi) is 5.37. The van der Waals surface area contributed by atoms with Crippen LogP contribution in [-0.2, 0) is 16.1 Å². The number of hydrogen-bond donors (Lipinski definition) is 1. The van der Waals surface area contributed by atoms with Crippen LogP contribution in [0.25, 0.3) is 10.9 Å². The zero-order valence-corrected chi connectivity index (χ0v) is 14.9. The molecule has 1 saturated heterocycles. The molecule has 4 rings (SSSR count). The van der Waals surface area contributed by atoms with Crippen LogP contribution in [0.1, 0.15) is 22.5 Å². The highest BCUT2D eigenvalue weighted by atomic mass is 16.5. The Balaban J connectivity index is 1.46. The standard InChI is InChI=1S/C21H21N3O3/c25-21(17-8-11-23-18-7-2-1-6-16(17)18)24-19-9-12-26-14-20(19)27-13-15-5-3-4-10-22-15/h1-8,10-11,19-20H,9,12-14H2,(H,24,25)/t19-,20-/m1/s1. The van der Waals surface area contributed by atoms with Crippen molar-refractivity contribution in [3.05, 3.63) is 72.2 Å². The van der Waals surface area contributed by atoms with Crippen LogP contribution in [0.3, 0.4) is 0 Å². The molecule has 0 unspecified atom stereocenters. The largest absolute Gasteiger partial charge is 0.379 e. The molecule has 1 aliphatic heterocycles. The third-order valence-electron chi connectivity index (χ3n) is 4.69. The summed E-state index contributed by atoms with van der Waals surface area (Å²) < 4.78 is 11.5. The number of nitrogens with zero attached hydrogens (tertiary/aromatic N) is 2. The topological polar surface area (TPSA) is 73.3 Å². The Labute approximate surface area is 157 Å². The van der Waals surface area contributed by atoms with Gasteiger partial charge in [0.05, 0.1) is 36.0 Å². The summed E-state index contributed by atoms with van der Waals surface area (Å²) in [5.74, 6) is -0.119. The van der Waals surface area contributed by atoms with Crippen LogP contribution in [0.15, 0.2) is 60.9 Å². The number of rotatable bonds is 5. The number of ether oxygens (including phenoxy) is 2. The lowest BCUT2D eigenvalue weighted by molar-refractivity contribution is -0.0743. The normalized spacial score (nSPS) is 19.7. The van der Waals surface area contributed by atoms with Gasteiger partial charge >= 0.3 is 0 Å². The van der Waals surface area contributed by atoms with Crippen molar-refractivity contribution in [2.45, 2.75) is 25.2 Å². The fourth-order valence-corrected chi connectivity index (χ4v) is 3.26. The number of nitrogens with one attached hydrogen (secondary N) is 1. The number of carbonyl (C=O) groups is 1. The highest BCUT2D eigenvalue weighted by Crippen LogP contribution is 2.18. The fraction of sp³-hybridized carbons (Fsp3) is 0.286. The van der Waals surface area contributed by atoms with Gasteiger partial charge in [-0.3, -0.25) is 14.8 Å². The van der Waals surface area contributed by atoms with E-state index in [0.717, 1.165) is 16.6 Å². The van der Waals surface area contributed by atoms with Gasteiger partial charge in [0.1, 0.15) is 6.10 Å². The van der Waals surface area contributed by atoms with Gasteiger partial charge in [-0.05, 0) is 30.7 Å². The van der Waals surface area contributed by atoms with Crippen molar-refractivity contribution in [2.75, 3.05) is 13.2 Å². The lowest BCUT2D eigenvalue weighted by Crippen LogP contribution is -2.50. The highest BCUT2D eigenvalue weighted by Gasteiger charge is 2.28. The predicted octanol–water partition coefficient (Wildman–Crippen LogP) is 2.73. The van der Waals surface area contributed by atoms with E-state index in [-0.39, 0.29) is 18.1 Å². The quantitative estimate of drug-likeness (QED) is 0.755. The molecule has 2 aromatic heterocycles. The maximum Gasteiger partial charge on any atom is 0.252 e. The summed E-state index contributed by atoms with van der Waals surface area (Å²) in [5.41, 5.74) is 2.28. The third-order valence-corrected chi connectivity index (χ3v) is 4.69. The highest BCUT2D eigenvalue weighted by molar-refractivity contribution is 6.06. The Morgan fingerprint density at radius 2 is 2.00 bits per heavy atom. The van der Waals surface area contributed by atoms with Gasteiger partial charge in [-0.1, -0.05) is 24.3 Å². The molecule has 6 nitrogen and oxygen atoms in total. The monoisotopic (exact) mass is 363 g/mol. The van der Waals surface area contributed by atoms with Crippen LogP contribution >= 0.6 is 0 Å². The van der Waals surface area contributed by atoms with Crippen LogP contribution in [0.2, 0.25) is 0 Å². The van der Waals surface area contributed by atoms with Gasteiger partial charge in [0.25, 0.3) is 5.91 Å². The Morgan fingerprint density at radius 1 is 1.11 bits per heavy atom. The molecule has 1 aromatic carbocycles. The smallest absolute Gasteiger partial charge is 0.252 e. The Bertz CT molecular complexity index is 911. The molecule has 27 heavy (non-hydrogen) atoms. The number of benzene rings is 1. The minimum Gasteiger partial charge on any atom is -0.379 e. The number of para-hydroxylation sites is 1. The van der Waals surface area contributed by atoms with Gasteiger partial charge < -0.3 is 14.8 Å². The molecule has 0 spiro atoms.